The van der Waals surface area contributed by atoms with Crippen LogP contribution in [0.25, 0.3) is 0 Å². The molecule has 1 aromatic rings. The minimum Gasteiger partial charge on any atom is -0.497 e. The number of rotatable bonds is 7. The molecule has 1 amide bonds. The van der Waals surface area contributed by atoms with Crippen molar-refractivity contribution in [3.63, 3.8) is 0 Å². The maximum atomic E-state index is 11.9. The number of methoxy groups -OCH3 is 2. The van der Waals surface area contributed by atoms with Gasteiger partial charge in [0.15, 0.2) is 0 Å². The van der Waals surface area contributed by atoms with E-state index in [0.717, 1.165) is 11.9 Å². The second kappa shape index (κ2) is 12.5. The zero-order valence-electron chi connectivity index (χ0n) is 15.1. The maximum Gasteiger partial charge on any atom is 0.260 e. The minimum absolute atomic E-state index is 0.267. The van der Waals surface area contributed by atoms with Crippen molar-refractivity contribution in [2.24, 2.45) is 0 Å². The van der Waals surface area contributed by atoms with Crippen LogP contribution in [0.3, 0.4) is 0 Å². The lowest BCUT2D eigenvalue weighted by Gasteiger charge is -2.15. The standard InChI is InChI=1S/C16H21NO4S.C2H6/c1-5-7-11(6-2)15(18)17-22-16(19)13-9-8-12(20-3)10-14(13)21-4;1-2/h5-10,16,19H,1-4H3,(H,17,18);1-2H3/b7-5-,11-6+;. The SMILES string of the molecule is C/C=C\C(=C/C)C(=O)NSC(O)c1ccc(OC)cc1OC.CC. The Labute approximate surface area is 148 Å². The number of allylic oxidation sites excluding steroid dienone is 2. The summed E-state index contributed by atoms with van der Waals surface area (Å²) >= 11 is 0.911. The molecule has 0 spiro atoms. The number of hydrogen-bond donors (Lipinski definition) is 2. The first-order valence-electron chi connectivity index (χ1n) is 7.72. The molecule has 0 saturated carbocycles. The maximum absolute atomic E-state index is 11.9. The van der Waals surface area contributed by atoms with E-state index in [0.29, 0.717) is 22.6 Å². The number of hydrogen-bond acceptors (Lipinski definition) is 5. The van der Waals surface area contributed by atoms with E-state index >= 15 is 0 Å². The first-order chi connectivity index (χ1) is 11.6. The Morgan fingerprint density at radius 2 is 1.92 bits per heavy atom. The topological polar surface area (TPSA) is 67.8 Å². The van der Waals surface area contributed by atoms with Crippen LogP contribution in [-0.4, -0.2) is 25.2 Å². The lowest BCUT2D eigenvalue weighted by molar-refractivity contribution is -0.115. The number of amides is 1. The first kappa shape index (κ1) is 22.1. The number of benzene rings is 1. The molecule has 1 aromatic carbocycles. The van der Waals surface area contributed by atoms with Gasteiger partial charge in [0.1, 0.15) is 16.9 Å². The lowest BCUT2D eigenvalue weighted by Crippen LogP contribution is -2.19. The van der Waals surface area contributed by atoms with Crippen LogP contribution < -0.4 is 14.2 Å². The molecule has 5 nitrogen and oxygen atoms in total. The van der Waals surface area contributed by atoms with Gasteiger partial charge < -0.3 is 14.6 Å². The van der Waals surface area contributed by atoms with Gasteiger partial charge >= 0.3 is 0 Å². The average Bonchev–Trinajstić information content (AvgIpc) is 2.64. The van der Waals surface area contributed by atoms with Crippen molar-refractivity contribution >= 4 is 17.9 Å². The summed E-state index contributed by atoms with van der Waals surface area (Å²) in [5, 5.41) is 10.2. The highest BCUT2D eigenvalue weighted by Crippen LogP contribution is 2.34. The molecular formula is C18H27NO4S. The number of carbonyl (C=O) groups is 1. The van der Waals surface area contributed by atoms with E-state index in [4.69, 9.17) is 9.47 Å². The molecule has 2 N–H and O–H groups in total. The number of nitrogens with one attached hydrogen (secondary N) is 1. The second-order valence-electron chi connectivity index (χ2n) is 4.25. The van der Waals surface area contributed by atoms with Gasteiger partial charge in [0, 0.05) is 17.2 Å². The third-order valence-corrected chi connectivity index (χ3v) is 3.67. The fourth-order valence-corrected chi connectivity index (χ4v) is 2.39. The quantitative estimate of drug-likeness (QED) is 0.335. The Hall–Kier alpha value is -1.92. The van der Waals surface area contributed by atoms with Gasteiger partial charge in [-0.25, -0.2) is 0 Å². The highest BCUT2D eigenvalue weighted by molar-refractivity contribution is 7.98. The summed E-state index contributed by atoms with van der Waals surface area (Å²) in [6.45, 7) is 7.61. The van der Waals surface area contributed by atoms with E-state index in [1.54, 1.807) is 50.5 Å². The molecule has 0 aliphatic carbocycles. The van der Waals surface area contributed by atoms with Gasteiger partial charge in [-0.15, -0.1) is 0 Å². The summed E-state index contributed by atoms with van der Waals surface area (Å²) in [5.41, 5.74) is 0.138. The van der Waals surface area contributed by atoms with Crippen molar-refractivity contribution in [1.29, 1.82) is 0 Å². The normalized spacial score (nSPS) is 12.2. The minimum atomic E-state index is -0.950. The summed E-state index contributed by atoms with van der Waals surface area (Å²) in [6, 6.07) is 5.10. The molecule has 0 aromatic heterocycles. The highest BCUT2D eigenvalue weighted by atomic mass is 32.2. The van der Waals surface area contributed by atoms with Crippen LogP contribution in [0.2, 0.25) is 0 Å². The molecule has 1 unspecified atom stereocenters. The predicted octanol–water partition coefficient (Wildman–Crippen LogP) is 4.01. The van der Waals surface area contributed by atoms with Crippen molar-refractivity contribution in [3.05, 3.63) is 47.6 Å². The molecule has 0 saturated heterocycles. The molecule has 0 aliphatic rings. The van der Waals surface area contributed by atoms with E-state index in [1.165, 1.54) is 7.11 Å². The van der Waals surface area contributed by atoms with Crippen LogP contribution in [0, 0.1) is 0 Å². The molecule has 0 radical (unpaired) electrons. The van der Waals surface area contributed by atoms with E-state index < -0.39 is 5.44 Å². The van der Waals surface area contributed by atoms with Crippen molar-refractivity contribution < 1.29 is 19.4 Å². The van der Waals surface area contributed by atoms with Crippen LogP contribution in [-0.2, 0) is 4.79 Å². The van der Waals surface area contributed by atoms with Gasteiger partial charge in [-0.2, -0.15) is 0 Å². The van der Waals surface area contributed by atoms with Gasteiger partial charge in [-0.1, -0.05) is 32.1 Å². The van der Waals surface area contributed by atoms with Crippen molar-refractivity contribution in [3.8, 4) is 11.5 Å². The molecule has 6 heteroatoms. The van der Waals surface area contributed by atoms with Crippen LogP contribution in [0.15, 0.2) is 42.0 Å². The molecular weight excluding hydrogens is 326 g/mol. The number of carbonyl (C=O) groups excluding carboxylic acids is 1. The van der Waals surface area contributed by atoms with E-state index in [9.17, 15) is 9.90 Å². The average molecular weight is 353 g/mol. The number of ether oxygens (including phenoxy) is 2. The Balaban J connectivity index is 0.00000254. The van der Waals surface area contributed by atoms with Gasteiger partial charge in [-0.05, 0) is 37.9 Å². The van der Waals surface area contributed by atoms with Crippen LogP contribution in [0.1, 0.15) is 38.7 Å². The predicted molar refractivity (Wildman–Crippen MR) is 100 cm³/mol. The number of aliphatic hydroxyl groups is 1. The van der Waals surface area contributed by atoms with Gasteiger partial charge in [-0.3, -0.25) is 9.52 Å². The van der Waals surface area contributed by atoms with E-state index in [2.05, 4.69) is 4.72 Å². The Bertz CT molecular complexity index is 570. The summed E-state index contributed by atoms with van der Waals surface area (Å²) in [4.78, 5) is 11.9. The monoisotopic (exact) mass is 353 g/mol. The molecule has 134 valence electrons. The van der Waals surface area contributed by atoms with E-state index in [1.807, 2.05) is 20.8 Å². The molecule has 0 fully saturated rings. The summed E-state index contributed by atoms with van der Waals surface area (Å²) in [6.07, 6.45) is 5.19. The molecule has 0 heterocycles. The fraction of sp³-hybridized carbons (Fsp3) is 0.389. The number of aliphatic hydroxyl groups excluding tert-OH is 1. The first-order valence-corrected chi connectivity index (χ1v) is 8.60. The second-order valence-corrected chi connectivity index (χ2v) is 5.14. The molecule has 1 atom stereocenters. The van der Waals surface area contributed by atoms with E-state index in [-0.39, 0.29) is 5.91 Å². The Morgan fingerprint density at radius 3 is 2.42 bits per heavy atom. The van der Waals surface area contributed by atoms with Crippen LogP contribution in [0.4, 0.5) is 0 Å². The summed E-state index contributed by atoms with van der Waals surface area (Å²) in [5.74, 6) is 0.858. The highest BCUT2D eigenvalue weighted by Gasteiger charge is 2.16. The molecule has 0 bridgehead atoms. The smallest absolute Gasteiger partial charge is 0.260 e. The Morgan fingerprint density at radius 1 is 1.25 bits per heavy atom. The van der Waals surface area contributed by atoms with Crippen molar-refractivity contribution in [2.75, 3.05) is 14.2 Å². The van der Waals surface area contributed by atoms with Crippen molar-refractivity contribution in [2.45, 2.75) is 33.1 Å². The molecule has 1 rings (SSSR count). The van der Waals surface area contributed by atoms with Crippen molar-refractivity contribution in [1.82, 2.24) is 4.72 Å². The third-order valence-electron chi connectivity index (χ3n) is 2.89. The molecule has 24 heavy (non-hydrogen) atoms. The Kier molecular flexibility index (Phi) is 11.5. The third kappa shape index (κ3) is 6.68. The van der Waals surface area contributed by atoms with Gasteiger partial charge in [0.25, 0.3) is 5.91 Å². The largest absolute Gasteiger partial charge is 0.497 e. The zero-order valence-corrected chi connectivity index (χ0v) is 15.9. The summed E-state index contributed by atoms with van der Waals surface area (Å²) < 4.78 is 13.0. The van der Waals surface area contributed by atoms with Crippen LogP contribution in [0.5, 0.6) is 11.5 Å². The van der Waals surface area contributed by atoms with Crippen LogP contribution >= 0.6 is 11.9 Å². The summed E-state index contributed by atoms with van der Waals surface area (Å²) in [7, 11) is 3.07. The zero-order chi connectivity index (χ0) is 18.5. The fourth-order valence-electron chi connectivity index (χ4n) is 1.74. The molecule has 0 aliphatic heterocycles. The van der Waals surface area contributed by atoms with Gasteiger partial charge in [0.2, 0.25) is 0 Å². The lowest BCUT2D eigenvalue weighted by atomic mass is 10.2. The van der Waals surface area contributed by atoms with Gasteiger partial charge in [0.05, 0.1) is 14.2 Å².